The molecule has 0 aliphatic heterocycles. The molecule has 0 saturated heterocycles. The number of para-hydroxylation sites is 1. The predicted octanol–water partition coefficient (Wildman–Crippen LogP) is 4.94. The number of aromatic nitrogens is 1. The number of nitrogens with zero attached hydrogens (tertiary/aromatic N) is 1. The first kappa shape index (κ1) is 16.6. The van der Waals surface area contributed by atoms with E-state index in [0.29, 0.717) is 12.3 Å². The molecule has 0 amide bonds. The lowest BCUT2D eigenvalue weighted by Gasteiger charge is -2.10. The van der Waals surface area contributed by atoms with Crippen LogP contribution in [0.3, 0.4) is 0 Å². The van der Waals surface area contributed by atoms with Crippen LogP contribution in [-0.2, 0) is 17.6 Å². The zero-order valence-corrected chi connectivity index (χ0v) is 13.9. The summed E-state index contributed by atoms with van der Waals surface area (Å²) in [5.41, 5.74) is 3.99. The van der Waals surface area contributed by atoms with Gasteiger partial charge in [-0.3, -0.25) is 0 Å². The van der Waals surface area contributed by atoms with E-state index < -0.39 is 0 Å². The van der Waals surface area contributed by atoms with Gasteiger partial charge in [0.15, 0.2) is 0 Å². The quantitative estimate of drug-likeness (QED) is 0.558. The van der Waals surface area contributed by atoms with Crippen LogP contribution in [0, 0.1) is 0 Å². The molecule has 0 saturated carbocycles. The van der Waals surface area contributed by atoms with Crippen molar-refractivity contribution in [2.24, 2.45) is 0 Å². The number of allylic oxidation sites excluding steroid dienone is 1. The lowest BCUT2D eigenvalue weighted by atomic mass is 10.0. The second-order valence-electron chi connectivity index (χ2n) is 5.41. The number of carbonyl (C=O) groups is 1. The van der Waals surface area contributed by atoms with Crippen molar-refractivity contribution in [1.82, 2.24) is 4.57 Å². The normalized spacial score (nSPS) is 10.9. The fraction of sp³-hybridized carbons (Fsp3) is 0.389. The highest BCUT2D eigenvalue weighted by atomic mass is 35.5. The molecular formula is C18H22ClNO2. The third-order valence-corrected chi connectivity index (χ3v) is 4.21. The molecular weight excluding hydrogens is 298 g/mol. The molecule has 2 aromatic rings. The van der Waals surface area contributed by atoms with Gasteiger partial charge in [-0.05, 0) is 30.9 Å². The molecule has 0 radical (unpaired) electrons. The highest BCUT2D eigenvalue weighted by Gasteiger charge is 2.21. The van der Waals surface area contributed by atoms with Crippen molar-refractivity contribution in [3.05, 3.63) is 47.7 Å². The Bertz CT molecular complexity index is 688. The second kappa shape index (κ2) is 7.50. The standard InChI is InChI=1S/C18H22ClNO2/c1-4-5-9-17-15(11-13(2)12-19)14-8-6-7-10-16(14)20(17)18(21)22-3/h6-8,10H,2,4-5,9,11-12H2,1,3H3. The van der Waals surface area contributed by atoms with Gasteiger partial charge in [0.05, 0.1) is 12.6 Å². The number of halogens is 1. The van der Waals surface area contributed by atoms with Gasteiger partial charge in [0.25, 0.3) is 0 Å². The fourth-order valence-corrected chi connectivity index (χ4v) is 2.86. The maximum atomic E-state index is 12.3. The van der Waals surface area contributed by atoms with E-state index >= 15 is 0 Å². The molecule has 0 unspecified atom stereocenters. The molecule has 22 heavy (non-hydrogen) atoms. The van der Waals surface area contributed by atoms with E-state index in [1.165, 1.54) is 7.11 Å². The zero-order chi connectivity index (χ0) is 16.1. The maximum absolute atomic E-state index is 12.3. The Balaban J connectivity index is 2.67. The summed E-state index contributed by atoms with van der Waals surface area (Å²) < 4.78 is 6.68. The molecule has 2 rings (SSSR count). The Morgan fingerprint density at radius 2 is 2.09 bits per heavy atom. The van der Waals surface area contributed by atoms with Gasteiger partial charge in [-0.15, -0.1) is 11.6 Å². The highest BCUT2D eigenvalue weighted by molar-refractivity contribution is 6.19. The fourth-order valence-electron chi connectivity index (χ4n) is 2.76. The summed E-state index contributed by atoms with van der Waals surface area (Å²) in [5, 5.41) is 1.07. The number of unbranched alkanes of at least 4 members (excludes halogenated alkanes) is 1. The number of methoxy groups -OCH3 is 1. The lowest BCUT2D eigenvalue weighted by molar-refractivity contribution is 0.173. The van der Waals surface area contributed by atoms with Crippen LogP contribution in [0.4, 0.5) is 4.79 Å². The third kappa shape index (κ3) is 3.20. The van der Waals surface area contributed by atoms with Gasteiger partial charge in [-0.1, -0.05) is 43.7 Å². The smallest absolute Gasteiger partial charge is 0.418 e. The third-order valence-electron chi connectivity index (χ3n) is 3.83. The molecule has 0 aliphatic carbocycles. The number of hydrogen-bond donors (Lipinski definition) is 0. The van der Waals surface area contributed by atoms with E-state index in [2.05, 4.69) is 13.5 Å². The number of fused-ring (bicyclic) bond motifs is 1. The first-order valence-electron chi connectivity index (χ1n) is 7.56. The van der Waals surface area contributed by atoms with Crippen LogP contribution in [0.1, 0.15) is 31.0 Å². The van der Waals surface area contributed by atoms with Crippen molar-refractivity contribution in [2.45, 2.75) is 32.6 Å². The summed E-state index contributed by atoms with van der Waals surface area (Å²) >= 11 is 5.91. The molecule has 0 N–H and O–H groups in total. The number of benzene rings is 1. The average molecular weight is 320 g/mol. The van der Waals surface area contributed by atoms with E-state index in [-0.39, 0.29) is 6.09 Å². The molecule has 3 nitrogen and oxygen atoms in total. The Kier molecular flexibility index (Phi) is 5.67. The average Bonchev–Trinajstić information content (AvgIpc) is 2.85. The van der Waals surface area contributed by atoms with Gasteiger partial charge in [0.2, 0.25) is 0 Å². The van der Waals surface area contributed by atoms with Crippen molar-refractivity contribution in [2.75, 3.05) is 13.0 Å². The molecule has 0 aliphatic rings. The van der Waals surface area contributed by atoms with Gasteiger partial charge in [0, 0.05) is 17.0 Å². The van der Waals surface area contributed by atoms with Crippen LogP contribution < -0.4 is 0 Å². The topological polar surface area (TPSA) is 31.2 Å². The highest BCUT2D eigenvalue weighted by Crippen LogP contribution is 2.30. The monoisotopic (exact) mass is 319 g/mol. The van der Waals surface area contributed by atoms with Gasteiger partial charge in [-0.25, -0.2) is 9.36 Å². The summed E-state index contributed by atoms with van der Waals surface area (Å²) in [6, 6.07) is 7.92. The van der Waals surface area contributed by atoms with Crippen LogP contribution in [0.2, 0.25) is 0 Å². The second-order valence-corrected chi connectivity index (χ2v) is 5.68. The Hall–Kier alpha value is -1.74. The molecule has 4 heteroatoms. The molecule has 1 aromatic carbocycles. The van der Waals surface area contributed by atoms with E-state index in [9.17, 15) is 4.79 Å². The maximum Gasteiger partial charge on any atom is 0.418 e. The summed E-state index contributed by atoms with van der Waals surface area (Å²) in [7, 11) is 1.41. The minimum absolute atomic E-state index is 0.343. The van der Waals surface area contributed by atoms with Gasteiger partial charge in [-0.2, -0.15) is 0 Å². The number of alkyl halides is 1. The zero-order valence-electron chi connectivity index (χ0n) is 13.2. The van der Waals surface area contributed by atoms with E-state index in [1.54, 1.807) is 4.57 Å². The molecule has 0 spiro atoms. The lowest BCUT2D eigenvalue weighted by Crippen LogP contribution is -2.15. The molecule has 1 aromatic heterocycles. The molecule has 118 valence electrons. The predicted molar refractivity (Wildman–Crippen MR) is 91.9 cm³/mol. The summed E-state index contributed by atoms with van der Waals surface area (Å²) in [6.45, 7) is 6.15. The Labute approximate surface area is 136 Å². The summed E-state index contributed by atoms with van der Waals surface area (Å²) in [4.78, 5) is 12.3. The van der Waals surface area contributed by atoms with Crippen molar-refractivity contribution in [3.63, 3.8) is 0 Å². The minimum Gasteiger partial charge on any atom is -0.452 e. The van der Waals surface area contributed by atoms with Crippen LogP contribution in [0.25, 0.3) is 10.9 Å². The van der Waals surface area contributed by atoms with E-state index in [1.807, 2.05) is 24.3 Å². The van der Waals surface area contributed by atoms with Crippen molar-refractivity contribution in [1.29, 1.82) is 0 Å². The Morgan fingerprint density at radius 3 is 2.73 bits per heavy atom. The summed E-state index contributed by atoms with van der Waals surface area (Å²) in [6.07, 6.45) is 3.27. The molecule has 0 atom stereocenters. The van der Waals surface area contributed by atoms with E-state index in [4.69, 9.17) is 16.3 Å². The molecule has 0 bridgehead atoms. The van der Waals surface area contributed by atoms with Gasteiger partial charge in [0.1, 0.15) is 0 Å². The Morgan fingerprint density at radius 1 is 1.36 bits per heavy atom. The number of carbonyl (C=O) groups excluding carboxylic acids is 1. The van der Waals surface area contributed by atoms with Crippen LogP contribution in [0.15, 0.2) is 36.4 Å². The van der Waals surface area contributed by atoms with Crippen molar-refractivity contribution >= 4 is 28.6 Å². The van der Waals surface area contributed by atoms with Gasteiger partial charge < -0.3 is 4.74 Å². The van der Waals surface area contributed by atoms with Crippen molar-refractivity contribution < 1.29 is 9.53 Å². The minimum atomic E-state index is -0.343. The molecule has 1 heterocycles. The van der Waals surface area contributed by atoms with E-state index in [0.717, 1.165) is 47.0 Å². The number of hydrogen-bond acceptors (Lipinski definition) is 2. The van der Waals surface area contributed by atoms with Crippen LogP contribution in [0.5, 0.6) is 0 Å². The number of ether oxygens (including phenoxy) is 1. The van der Waals surface area contributed by atoms with Crippen LogP contribution >= 0.6 is 11.6 Å². The molecule has 0 fully saturated rings. The van der Waals surface area contributed by atoms with Crippen LogP contribution in [-0.4, -0.2) is 23.7 Å². The first-order valence-corrected chi connectivity index (χ1v) is 8.09. The van der Waals surface area contributed by atoms with Crippen molar-refractivity contribution in [3.8, 4) is 0 Å². The largest absolute Gasteiger partial charge is 0.452 e. The SMILES string of the molecule is C=C(CCl)Cc1c(CCCC)n(C(=O)OC)c2ccccc12. The summed E-state index contributed by atoms with van der Waals surface area (Å²) in [5.74, 6) is 0.422. The van der Waals surface area contributed by atoms with Gasteiger partial charge >= 0.3 is 6.09 Å². The number of rotatable bonds is 6. The first-order chi connectivity index (χ1) is 10.6.